The van der Waals surface area contributed by atoms with E-state index >= 15 is 0 Å². The SMILES string of the molecule is CC[C@H](C)Oc1c(Cl)cc(/C=C2\NC(=O)N(Cc3ccc(C(=O)OC)o3)C2=O)cc1Cl. The molecule has 2 aromatic rings. The summed E-state index contributed by atoms with van der Waals surface area (Å²) in [6.45, 7) is 3.73. The summed E-state index contributed by atoms with van der Waals surface area (Å²) in [5, 5.41) is 3.09. The lowest BCUT2D eigenvalue weighted by Crippen LogP contribution is -2.30. The highest BCUT2D eigenvalue weighted by atomic mass is 35.5. The lowest BCUT2D eigenvalue weighted by atomic mass is 10.1. The van der Waals surface area contributed by atoms with Crippen LogP contribution in [0, 0.1) is 0 Å². The number of nitrogens with zero attached hydrogens (tertiary/aromatic N) is 1. The van der Waals surface area contributed by atoms with Crippen molar-refractivity contribution in [2.75, 3.05) is 7.11 Å². The third-order valence-electron chi connectivity index (χ3n) is 4.55. The summed E-state index contributed by atoms with van der Waals surface area (Å²) in [5.74, 6) is -0.624. The van der Waals surface area contributed by atoms with E-state index in [1.54, 1.807) is 12.1 Å². The van der Waals surface area contributed by atoms with Gasteiger partial charge in [0.05, 0.1) is 29.8 Å². The minimum Gasteiger partial charge on any atom is -0.488 e. The smallest absolute Gasteiger partial charge is 0.373 e. The Bertz CT molecular complexity index is 1040. The zero-order valence-corrected chi connectivity index (χ0v) is 18.5. The molecular formula is C21H20Cl2N2O6. The number of imide groups is 1. The van der Waals surface area contributed by atoms with E-state index in [0.29, 0.717) is 21.4 Å². The van der Waals surface area contributed by atoms with Crippen molar-refractivity contribution in [3.05, 3.63) is 57.1 Å². The van der Waals surface area contributed by atoms with Crippen LogP contribution in [-0.4, -0.2) is 36.0 Å². The Balaban J connectivity index is 1.78. The summed E-state index contributed by atoms with van der Waals surface area (Å²) < 4.78 is 15.6. The van der Waals surface area contributed by atoms with Gasteiger partial charge in [0.2, 0.25) is 5.76 Å². The van der Waals surface area contributed by atoms with Gasteiger partial charge in [0.1, 0.15) is 11.5 Å². The van der Waals surface area contributed by atoms with Crippen molar-refractivity contribution in [2.45, 2.75) is 32.9 Å². The van der Waals surface area contributed by atoms with Crippen molar-refractivity contribution in [1.29, 1.82) is 0 Å². The number of rotatable bonds is 7. The first-order chi connectivity index (χ1) is 14.7. The van der Waals surface area contributed by atoms with Crippen LogP contribution in [0.1, 0.15) is 42.1 Å². The van der Waals surface area contributed by atoms with Gasteiger partial charge in [0.25, 0.3) is 5.91 Å². The summed E-state index contributed by atoms with van der Waals surface area (Å²) in [7, 11) is 1.22. The Labute approximate surface area is 188 Å². The van der Waals surface area contributed by atoms with Crippen LogP contribution >= 0.6 is 23.2 Å². The molecule has 0 saturated carbocycles. The van der Waals surface area contributed by atoms with E-state index in [4.69, 9.17) is 32.4 Å². The maximum absolute atomic E-state index is 12.7. The maximum atomic E-state index is 12.7. The number of urea groups is 1. The molecule has 0 bridgehead atoms. The molecule has 164 valence electrons. The zero-order chi connectivity index (χ0) is 22.7. The summed E-state index contributed by atoms with van der Waals surface area (Å²) in [6.07, 6.45) is 2.18. The molecule has 0 aliphatic carbocycles. The van der Waals surface area contributed by atoms with E-state index in [1.165, 1.54) is 25.3 Å². The molecule has 1 aromatic carbocycles. The highest BCUT2D eigenvalue weighted by Crippen LogP contribution is 2.36. The number of hydrogen-bond acceptors (Lipinski definition) is 6. The first kappa shape index (κ1) is 22.7. The molecule has 1 aliphatic heterocycles. The van der Waals surface area contributed by atoms with Gasteiger partial charge in [-0.05, 0) is 49.2 Å². The maximum Gasteiger partial charge on any atom is 0.373 e. The molecule has 3 amide bonds. The molecule has 1 aliphatic rings. The molecule has 0 unspecified atom stereocenters. The first-order valence-electron chi connectivity index (χ1n) is 9.40. The van der Waals surface area contributed by atoms with E-state index in [1.807, 2.05) is 13.8 Å². The molecule has 1 fully saturated rings. The largest absolute Gasteiger partial charge is 0.488 e. The van der Waals surface area contributed by atoms with Crippen LogP contribution in [0.15, 0.2) is 34.4 Å². The molecule has 1 atom stereocenters. The van der Waals surface area contributed by atoms with Crippen LogP contribution in [0.4, 0.5) is 4.79 Å². The van der Waals surface area contributed by atoms with Gasteiger partial charge in [-0.15, -0.1) is 0 Å². The predicted molar refractivity (Wildman–Crippen MR) is 114 cm³/mol. The highest BCUT2D eigenvalue weighted by Gasteiger charge is 2.34. The molecule has 10 heteroatoms. The summed E-state index contributed by atoms with van der Waals surface area (Å²) in [4.78, 5) is 37.4. The van der Waals surface area contributed by atoms with Gasteiger partial charge in [-0.1, -0.05) is 30.1 Å². The molecular weight excluding hydrogens is 447 g/mol. The molecule has 2 heterocycles. The second-order valence-corrected chi connectivity index (χ2v) is 7.60. The third kappa shape index (κ3) is 5.03. The van der Waals surface area contributed by atoms with Crippen molar-refractivity contribution in [1.82, 2.24) is 10.2 Å². The van der Waals surface area contributed by atoms with Gasteiger partial charge in [-0.25, -0.2) is 9.59 Å². The lowest BCUT2D eigenvalue weighted by Gasteiger charge is -2.15. The number of hydrogen-bond donors (Lipinski definition) is 1. The van der Waals surface area contributed by atoms with Crippen molar-refractivity contribution in [3.8, 4) is 5.75 Å². The number of ether oxygens (including phenoxy) is 2. The molecule has 31 heavy (non-hydrogen) atoms. The minimum atomic E-state index is -0.654. The fourth-order valence-corrected chi connectivity index (χ4v) is 3.36. The molecule has 1 N–H and O–H groups in total. The van der Waals surface area contributed by atoms with Gasteiger partial charge in [0, 0.05) is 0 Å². The van der Waals surface area contributed by atoms with Gasteiger partial charge >= 0.3 is 12.0 Å². The molecule has 8 nitrogen and oxygen atoms in total. The van der Waals surface area contributed by atoms with Crippen LogP contribution in [0.25, 0.3) is 6.08 Å². The fourth-order valence-electron chi connectivity index (χ4n) is 2.77. The lowest BCUT2D eigenvalue weighted by molar-refractivity contribution is -0.123. The zero-order valence-electron chi connectivity index (χ0n) is 17.0. The highest BCUT2D eigenvalue weighted by molar-refractivity contribution is 6.37. The van der Waals surface area contributed by atoms with Crippen molar-refractivity contribution < 1.29 is 28.3 Å². The number of carbonyl (C=O) groups is 3. The van der Waals surface area contributed by atoms with E-state index < -0.39 is 17.9 Å². The van der Waals surface area contributed by atoms with E-state index in [-0.39, 0.29) is 29.9 Å². The van der Waals surface area contributed by atoms with Crippen molar-refractivity contribution in [2.24, 2.45) is 0 Å². The number of carbonyl (C=O) groups excluding carboxylic acids is 3. The van der Waals surface area contributed by atoms with Crippen LogP contribution < -0.4 is 10.1 Å². The van der Waals surface area contributed by atoms with Crippen molar-refractivity contribution in [3.63, 3.8) is 0 Å². The predicted octanol–water partition coefficient (Wildman–Crippen LogP) is 4.64. The second-order valence-electron chi connectivity index (χ2n) is 6.79. The van der Waals surface area contributed by atoms with Gasteiger partial charge in [-0.3, -0.25) is 9.69 Å². The summed E-state index contributed by atoms with van der Waals surface area (Å²) in [6, 6.07) is 5.46. The Morgan fingerprint density at radius 1 is 1.26 bits per heavy atom. The third-order valence-corrected chi connectivity index (χ3v) is 5.11. The number of halogens is 2. The number of methoxy groups -OCH3 is 1. The Morgan fingerprint density at radius 2 is 1.94 bits per heavy atom. The van der Waals surface area contributed by atoms with Gasteiger partial charge in [0.15, 0.2) is 5.75 Å². The normalized spacial score (nSPS) is 15.9. The van der Waals surface area contributed by atoms with Crippen LogP contribution in [-0.2, 0) is 16.1 Å². The molecule has 1 saturated heterocycles. The van der Waals surface area contributed by atoms with Crippen LogP contribution in [0.2, 0.25) is 10.0 Å². The fraction of sp³-hybridized carbons (Fsp3) is 0.286. The molecule has 0 spiro atoms. The Hall–Kier alpha value is -2.97. The minimum absolute atomic E-state index is 0.0238. The Kier molecular flexibility index (Phi) is 6.92. The number of nitrogens with one attached hydrogen (secondary N) is 1. The van der Waals surface area contributed by atoms with Crippen LogP contribution in [0.5, 0.6) is 5.75 Å². The van der Waals surface area contributed by atoms with Gasteiger partial charge < -0.3 is 19.2 Å². The average molecular weight is 467 g/mol. The Morgan fingerprint density at radius 3 is 2.55 bits per heavy atom. The molecule has 0 radical (unpaired) electrons. The van der Waals surface area contributed by atoms with E-state index in [9.17, 15) is 14.4 Å². The molecule has 3 rings (SSSR count). The summed E-state index contributed by atoms with van der Waals surface area (Å²) in [5.41, 5.74) is 0.565. The number of esters is 1. The van der Waals surface area contributed by atoms with E-state index in [0.717, 1.165) is 11.3 Å². The summed E-state index contributed by atoms with van der Waals surface area (Å²) >= 11 is 12.6. The second kappa shape index (κ2) is 9.45. The number of furan rings is 1. The number of benzene rings is 1. The van der Waals surface area contributed by atoms with Crippen LogP contribution in [0.3, 0.4) is 0 Å². The standard InChI is InChI=1S/C21H20Cl2N2O6/c1-4-11(2)30-18-14(22)7-12(8-15(18)23)9-16-19(26)25(21(28)24-16)10-13-5-6-17(31-13)20(27)29-3/h5-9,11H,4,10H2,1-3H3,(H,24,28)/b16-9-/t11-/m0/s1. The first-order valence-corrected chi connectivity index (χ1v) is 10.2. The molecule has 1 aromatic heterocycles. The topological polar surface area (TPSA) is 98.1 Å². The monoisotopic (exact) mass is 466 g/mol. The van der Waals surface area contributed by atoms with E-state index in [2.05, 4.69) is 10.1 Å². The van der Waals surface area contributed by atoms with Crippen molar-refractivity contribution >= 4 is 47.2 Å². The van der Waals surface area contributed by atoms with Gasteiger partial charge in [-0.2, -0.15) is 0 Å². The quantitative estimate of drug-likeness (QED) is 0.362. The average Bonchev–Trinajstić information content (AvgIpc) is 3.30. The number of amides is 3.